The Labute approximate surface area is 115 Å². The molecule has 0 N–H and O–H groups in total. The molecule has 0 aliphatic carbocycles. The SMILES string of the molecule is CCOc1ccc(N=Nc2ccc([N+](=O)[O-])cc2)cc1. The van der Waals surface area contributed by atoms with Crippen molar-refractivity contribution in [2.75, 3.05) is 6.61 Å². The van der Waals surface area contributed by atoms with Gasteiger partial charge in [0, 0.05) is 12.1 Å². The van der Waals surface area contributed by atoms with Crippen LogP contribution in [0.5, 0.6) is 5.75 Å². The van der Waals surface area contributed by atoms with Gasteiger partial charge in [0.25, 0.3) is 5.69 Å². The van der Waals surface area contributed by atoms with Crippen LogP contribution in [0.1, 0.15) is 6.92 Å². The second-order valence-electron chi connectivity index (χ2n) is 3.90. The van der Waals surface area contributed by atoms with Crippen molar-refractivity contribution in [1.82, 2.24) is 0 Å². The van der Waals surface area contributed by atoms with Crippen molar-refractivity contribution in [2.24, 2.45) is 10.2 Å². The van der Waals surface area contributed by atoms with Crippen LogP contribution in [-0.2, 0) is 0 Å². The first-order valence-electron chi connectivity index (χ1n) is 6.08. The van der Waals surface area contributed by atoms with Crippen LogP contribution < -0.4 is 4.74 Å². The Bertz CT molecular complexity index is 607. The molecule has 0 aromatic heterocycles. The van der Waals surface area contributed by atoms with Crippen LogP contribution in [0, 0.1) is 10.1 Å². The van der Waals surface area contributed by atoms with E-state index in [9.17, 15) is 10.1 Å². The minimum absolute atomic E-state index is 0.0324. The first kappa shape index (κ1) is 13.7. The summed E-state index contributed by atoms with van der Waals surface area (Å²) in [5, 5.41) is 18.6. The standard InChI is InChI=1S/C14H13N3O3/c1-2-20-14-9-5-12(6-10-14)16-15-11-3-7-13(8-4-11)17(18)19/h3-10H,2H2,1H3. The zero-order valence-corrected chi connectivity index (χ0v) is 10.9. The summed E-state index contributed by atoms with van der Waals surface area (Å²) in [7, 11) is 0. The number of nitro groups is 1. The van der Waals surface area contributed by atoms with E-state index >= 15 is 0 Å². The van der Waals surface area contributed by atoms with E-state index in [4.69, 9.17) is 4.74 Å². The zero-order chi connectivity index (χ0) is 14.4. The van der Waals surface area contributed by atoms with Gasteiger partial charge in [-0.2, -0.15) is 10.2 Å². The third kappa shape index (κ3) is 3.61. The number of nitrogens with zero attached hydrogens (tertiary/aromatic N) is 3. The van der Waals surface area contributed by atoms with Gasteiger partial charge in [0.15, 0.2) is 0 Å². The van der Waals surface area contributed by atoms with Crippen molar-refractivity contribution >= 4 is 17.1 Å². The van der Waals surface area contributed by atoms with Gasteiger partial charge in [-0.05, 0) is 43.3 Å². The molecule has 0 bridgehead atoms. The van der Waals surface area contributed by atoms with Crippen LogP contribution in [0.4, 0.5) is 17.1 Å². The molecule has 6 nitrogen and oxygen atoms in total. The average molecular weight is 271 g/mol. The Hall–Kier alpha value is -2.76. The predicted octanol–water partition coefficient (Wildman–Crippen LogP) is 4.41. The molecule has 2 rings (SSSR count). The van der Waals surface area contributed by atoms with Gasteiger partial charge >= 0.3 is 0 Å². The van der Waals surface area contributed by atoms with E-state index in [-0.39, 0.29) is 5.69 Å². The van der Waals surface area contributed by atoms with Crippen LogP contribution in [-0.4, -0.2) is 11.5 Å². The lowest BCUT2D eigenvalue weighted by Gasteiger charge is -2.01. The fourth-order valence-corrected chi connectivity index (χ4v) is 1.53. The molecular weight excluding hydrogens is 258 g/mol. The lowest BCUT2D eigenvalue weighted by Crippen LogP contribution is -1.89. The second kappa shape index (κ2) is 6.42. The summed E-state index contributed by atoms with van der Waals surface area (Å²) in [4.78, 5) is 10.1. The number of nitro benzene ring substituents is 1. The first-order valence-corrected chi connectivity index (χ1v) is 6.08. The second-order valence-corrected chi connectivity index (χ2v) is 3.90. The van der Waals surface area contributed by atoms with Gasteiger partial charge in [-0.1, -0.05) is 0 Å². The third-order valence-corrected chi connectivity index (χ3v) is 2.49. The Balaban J connectivity index is 2.06. The molecule has 0 fully saturated rings. The van der Waals surface area contributed by atoms with E-state index < -0.39 is 4.92 Å². The van der Waals surface area contributed by atoms with Crippen LogP contribution in [0.25, 0.3) is 0 Å². The number of rotatable bonds is 5. The minimum atomic E-state index is -0.451. The summed E-state index contributed by atoms with van der Waals surface area (Å²) in [5.74, 6) is 0.779. The molecule has 0 unspecified atom stereocenters. The molecule has 6 heteroatoms. The number of ether oxygens (including phenoxy) is 1. The number of benzene rings is 2. The van der Waals surface area contributed by atoms with Gasteiger partial charge in [0.2, 0.25) is 0 Å². The summed E-state index contributed by atoms with van der Waals surface area (Å²) in [6.07, 6.45) is 0. The van der Waals surface area contributed by atoms with E-state index in [1.165, 1.54) is 12.1 Å². The van der Waals surface area contributed by atoms with Gasteiger partial charge in [-0.15, -0.1) is 0 Å². The highest BCUT2D eigenvalue weighted by atomic mass is 16.6. The molecule has 102 valence electrons. The van der Waals surface area contributed by atoms with E-state index in [2.05, 4.69) is 10.2 Å². The van der Waals surface area contributed by atoms with E-state index in [0.29, 0.717) is 18.0 Å². The van der Waals surface area contributed by atoms with Gasteiger partial charge in [-0.3, -0.25) is 10.1 Å². The Morgan fingerprint density at radius 1 is 1.00 bits per heavy atom. The quantitative estimate of drug-likeness (QED) is 0.459. The monoisotopic (exact) mass is 271 g/mol. The Kier molecular flexibility index (Phi) is 4.39. The molecule has 2 aromatic carbocycles. The normalized spacial score (nSPS) is 10.7. The smallest absolute Gasteiger partial charge is 0.269 e. The molecule has 0 atom stereocenters. The topological polar surface area (TPSA) is 77.1 Å². The number of non-ortho nitro benzene ring substituents is 1. The zero-order valence-electron chi connectivity index (χ0n) is 10.9. The van der Waals surface area contributed by atoms with E-state index in [1.54, 1.807) is 24.3 Å². The highest BCUT2D eigenvalue weighted by Crippen LogP contribution is 2.22. The third-order valence-electron chi connectivity index (χ3n) is 2.49. The van der Waals surface area contributed by atoms with Crippen LogP contribution >= 0.6 is 0 Å². The van der Waals surface area contributed by atoms with Crippen molar-refractivity contribution in [2.45, 2.75) is 6.92 Å². The Morgan fingerprint density at radius 3 is 1.95 bits per heavy atom. The maximum Gasteiger partial charge on any atom is 0.269 e. The molecule has 0 saturated carbocycles. The number of hydrogen-bond acceptors (Lipinski definition) is 5. The fraction of sp³-hybridized carbons (Fsp3) is 0.143. The van der Waals surface area contributed by atoms with Crippen molar-refractivity contribution in [3.05, 3.63) is 58.6 Å². The van der Waals surface area contributed by atoms with Crippen LogP contribution in [0.15, 0.2) is 58.8 Å². The van der Waals surface area contributed by atoms with Gasteiger partial charge in [-0.25, -0.2) is 0 Å². The molecule has 0 aliphatic heterocycles. The fourth-order valence-electron chi connectivity index (χ4n) is 1.53. The molecule has 0 amide bonds. The average Bonchev–Trinajstić information content (AvgIpc) is 2.47. The highest BCUT2D eigenvalue weighted by molar-refractivity contribution is 5.45. The largest absolute Gasteiger partial charge is 0.494 e. The molecular formula is C14H13N3O3. The maximum atomic E-state index is 10.5. The lowest BCUT2D eigenvalue weighted by molar-refractivity contribution is -0.384. The van der Waals surface area contributed by atoms with Crippen LogP contribution in [0.3, 0.4) is 0 Å². The maximum absolute atomic E-state index is 10.5. The van der Waals surface area contributed by atoms with Crippen molar-refractivity contribution in [3.63, 3.8) is 0 Å². The number of hydrogen-bond donors (Lipinski definition) is 0. The van der Waals surface area contributed by atoms with Gasteiger partial charge in [0.1, 0.15) is 5.75 Å². The minimum Gasteiger partial charge on any atom is -0.494 e. The van der Waals surface area contributed by atoms with E-state index in [1.807, 2.05) is 19.1 Å². The van der Waals surface area contributed by atoms with Crippen molar-refractivity contribution in [3.8, 4) is 5.75 Å². The predicted molar refractivity (Wildman–Crippen MR) is 74.9 cm³/mol. The molecule has 20 heavy (non-hydrogen) atoms. The molecule has 0 aliphatic rings. The molecule has 0 spiro atoms. The molecule has 0 radical (unpaired) electrons. The highest BCUT2D eigenvalue weighted by Gasteiger charge is 2.03. The summed E-state index contributed by atoms with van der Waals surface area (Å²) < 4.78 is 5.32. The molecule has 0 heterocycles. The summed E-state index contributed by atoms with van der Waals surface area (Å²) in [6.45, 7) is 2.53. The number of azo groups is 1. The molecule has 0 saturated heterocycles. The first-order chi connectivity index (χ1) is 9.69. The van der Waals surface area contributed by atoms with E-state index in [0.717, 1.165) is 5.75 Å². The van der Waals surface area contributed by atoms with Crippen molar-refractivity contribution in [1.29, 1.82) is 0 Å². The van der Waals surface area contributed by atoms with Crippen molar-refractivity contribution < 1.29 is 9.66 Å². The molecule has 2 aromatic rings. The summed E-state index contributed by atoms with van der Waals surface area (Å²) in [5.41, 5.74) is 1.28. The summed E-state index contributed by atoms with van der Waals surface area (Å²) in [6, 6.07) is 13.1. The summed E-state index contributed by atoms with van der Waals surface area (Å²) >= 11 is 0. The lowest BCUT2D eigenvalue weighted by atomic mass is 10.3. The van der Waals surface area contributed by atoms with Gasteiger partial charge < -0.3 is 4.74 Å². The van der Waals surface area contributed by atoms with Crippen LogP contribution in [0.2, 0.25) is 0 Å². The Morgan fingerprint density at radius 2 is 1.50 bits per heavy atom. The van der Waals surface area contributed by atoms with Gasteiger partial charge in [0.05, 0.1) is 22.9 Å².